The number of ketones is 1. The third-order valence-electron chi connectivity index (χ3n) is 6.55. The summed E-state index contributed by atoms with van der Waals surface area (Å²) < 4.78 is 11.6. The number of Topliss-reactive ketones (excluding diaryl/α,β-unsaturated/α-hetero) is 1. The molecule has 0 aromatic heterocycles. The quantitative estimate of drug-likeness (QED) is 0.201. The largest absolute Gasteiger partial charge is 0.507 e. The molecular weight excluding hydrogens is 492 g/mol. The minimum absolute atomic E-state index is 0.00400. The number of aryl methyl sites for hydroxylation is 1. The van der Waals surface area contributed by atoms with Crippen LogP contribution < -0.4 is 19.3 Å². The van der Waals surface area contributed by atoms with Gasteiger partial charge in [-0.05, 0) is 80.8 Å². The number of ether oxygens (including phenoxy) is 2. The molecule has 3 aromatic rings. The summed E-state index contributed by atoms with van der Waals surface area (Å²) in [6.07, 6.45) is 0.837. The van der Waals surface area contributed by atoms with Gasteiger partial charge in [-0.2, -0.15) is 0 Å². The van der Waals surface area contributed by atoms with Crippen LogP contribution in [-0.4, -0.2) is 43.6 Å². The second-order valence-corrected chi connectivity index (χ2v) is 10.1. The van der Waals surface area contributed by atoms with Crippen molar-refractivity contribution >= 4 is 28.8 Å². The molecule has 0 aliphatic carbocycles. The minimum Gasteiger partial charge on any atom is -0.507 e. The molecule has 7 heteroatoms. The predicted octanol–water partition coefficient (Wildman–Crippen LogP) is 6.26. The Bertz CT molecular complexity index is 1390. The summed E-state index contributed by atoms with van der Waals surface area (Å²) >= 11 is 0. The lowest BCUT2D eigenvalue weighted by atomic mass is 9.94. The maximum atomic E-state index is 13.5. The molecule has 4 rings (SSSR count). The zero-order chi connectivity index (χ0) is 28.3. The Morgan fingerprint density at radius 1 is 1.03 bits per heavy atom. The van der Waals surface area contributed by atoms with E-state index >= 15 is 0 Å². The number of rotatable bonds is 9. The number of anilines is 2. The highest BCUT2D eigenvalue weighted by molar-refractivity contribution is 6.51. The number of hydrogen-bond acceptors (Lipinski definition) is 6. The molecule has 1 aliphatic heterocycles. The molecule has 1 aliphatic rings. The number of carbonyl (C=O) groups is 2. The molecule has 0 bridgehead atoms. The van der Waals surface area contributed by atoms with Gasteiger partial charge in [-0.15, -0.1) is 0 Å². The molecule has 1 fully saturated rings. The zero-order valence-corrected chi connectivity index (χ0v) is 23.4. The van der Waals surface area contributed by atoms with Gasteiger partial charge in [-0.3, -0.25) is 14.5 Å². The van der Waals surface area contributed by atoms with E-state index in [0.29, 0.717) is 34.9 Å². The van der Waals surface area contributed by atoms with Crippen LogP contribution in [0.2, 0.25) is 0 Å². The first-order valence-electron chi connectivity index (χ1n) is 13.2. The van der Waals surface area contributed by atoms with Gasteiger partial charge in [0.25, 0.3) is 11.7 Å². The van der Waals surface area contributed by atoms with Crippen molar-refractivity contribution in [2.45, 2.75) is 46.3 Å². The molecule has 0 spiro atoms. The van der Waals surface area contributed by atoms with Gasteiger partial charge in [0.1, 0.15) is 17.3 Å². The average Bonchev–Trinajstić information content (AvgIpc) is 3.18. The summed E-state index contributed by atoms with van der Waals surface area (Å²) in [7, 11) is 3.88. The van der Waals surface area contributed by atoms with Crippen LogP contribution >= 0.6 is 0 Å². The molecule has 3 aromatic carbocycles. The Morgan fingerprint density at radius 3 is 2.36 bits per heavy atom. The Balaban J connectivity index is 1.87. The Labute approximate surface area is 230 Å². The van der Waals surface area contributed by atoms with Crippen LogP contribution in [0.15, 0.2) is 72.3 Å². The van der Waals surface area contributed by atoms with Gasteiger partial charge in [-0.25, -0.2) is 0 Å². The van der Waals surface area contributed by atoms with Gasteiger partial charge in [0, 0.05) is 37.1 Å². The summed E-state index contributed by atoms with van der Waals surface area (Å²) in [5, 5.41) is 11.5. The molecule has 1 saturated heterocycles. The number of aliphatic hydroxyl groups is 1. The molecule has 1 heterocycles. The van der Waals surface area contributed by atoms with Crippen molar-refractivity contribution in [2.75, 3.05) is 30.5 Å². The number of amides is 1. The summed E-state index contributed by atoms with van der Waals surface area (Å²) in [5.74, 6) is -0.372. The van der Waals surface area contributed by atoms with E-state index in [0.717, 1.165) is 17.7 Å². The van der Waals surface area contributed by atoms with Crippen LogP contribution in [0.4, 0.5) is 11.4 Å². The van der Waals surface area contributed by atoms with E-state index in [1.807, 2.05) is 77.0 Å². The van der Waals surface area contributed by atoms with Crippen LogP contribution in [0.3, 0.4) is 0 Å². The highest BCUT2D eigenvalue weighted by Gasteiger charge is 2.47. The third-order valence-corrected chi connectivity index (χ3v) is 6.55. The first-order valence-corrected chi connectivity index (χ1v) is 13.2. The molecule has 0 saturated carbocycles. The fourth-order valence-electron chi connectivity index (χ4n) is 4.65. The molecule has 0 radical (unpaired) electrons. The lowest BCUT2D eigenvalue weighted by Crippen LogP contribution is -2.29. The fourth-order valence-corrected chi connectivity index (χ4v) is 4.65. The maximum Gasteiger partial charge on any atom is 0.300 e. The topological polar surface area (TPSA) is 79.3 Å². The molecule has 39 heavy (non-hydrogen) atoms. The second kappa shape index (κ2) is 11.6. The Morgan fingerprint density at radius 2 is 1.74 bits per heavy atom. The van der Waals surface area contributed by atoms with Crippen LogP contribution in [0, 0.1) is 6.92 Å². The fraction of sp³-hybridized carbons (Fsp3) is 0.312. The van der Waals surface area contributed by atoms with Crippen molar-refractivity contribution in [3.8, 4) is 11.5 Å². The average molecular weight is 529 g/mol. The summed E-state index contributed by atoms with van der Waals surface area (Å²) in [6, 6.07) is 19.2. The smallest absolute Gasteiger partial charge is 0.300 e. The maximum absolute atomic E-state index is 13.5. The Hall–Kier alpha value is -4.26. The van der Waals surface area contributed by atoms with E-state index in [2.05, 4.69) is 0 Å². The lowest BCUT2D eigenvalue weighted by molar-refractivity contribution is -0.132. The zero-order valence-electron chi connectivity index (χ0n) is 23.4. The summed E-state index contributed by atoms with van der Waals surface area (Å²) in [6.45, 7) is 8.32. The number of benzene rings is 3. The number of aliphatic hydroxyl groups excluding tert-OH is 1. The van der Waals surface area contributed by atoms with E-state index in [1.54, 1.807) is 36.4 Å². The van der Waals surface area contributed by atoms with Crippen LogP contribution in [0.1, 0.15) is 49.9 Å². The van der Waals surface area contributed by atoms with Crippen molar-refractivity contribution < 1.29 is 24.2 Å². The van der Waals surface area contributed by atoms with Gasteiger partial charge in [0.05, 0.1) is 24.3 Å². The highest BCUT2D eigenvalue weighted by Crippen LogP contribution is 2.43. The standard InChI is InChI=1S/C32H36N2O5/c1-7-17-38-26-10-8-9-25(19-26)34-29(22-11-14-24(15-12-22)33(5)6)28(31(36)32(34)37)30(35)23-13-16-27(21(4)18-23)39-20(2)3/h8-16,18-20,29,35H,7,17H2,1-6H3/b30-28-. The van der Waals surface area contributed by atoms with E-state index in [-0.39, 0.29) is 17.4 Å². The van der Waals surface area contributed by atoms with Crippen molar-refractivity contribution in [2.24, 2.45) is 0 Å². The third kappa shape index (κ3) is 5.77. The number of carbonyl (C=O) groups excluding carboxylic acids is 2. The van der Waals surface area contributed by atoms with Gasteiger partial charge < -0.3 is 19.5 Å². The van der Waals surface area contributed by atoms with E-state index in [9.17, 15) is 14.7 Å². The molecule has 1 unspecified atom stereocenters. The molecule has 204 valence electrons. The molecular formula is C32H36N2O5. The van der Waals surface area contributed by atoms with Crippen LogP contribution in [-0.2, 0) is 9.59 Å². The summed E-state index contributed by atoms with van der Waals surface area (Å²) in [5.41, 5.74) is 3.49. The van der Waals surface area contributed by atoms with Gasteiger partial charge in [0.2, 0.25) is 0 Å². The monoisotopic (exact) mass is 528 g/mol. The Kier molecular flexibility index (Phi) is 8.29. The van der Waals surface area contributed by atoms with E-state index in [1.165, 1.54) is 4.90 Å². The lowest BCUT2D eigenvalue weighted by Gasteiger charge is -2.26. The first kappa shape index (κ1) is 27.8. The van der Waals surface area contributed by atoms with Crippen molar-refractivity contribution in [3.63, 3.8) is 0 Å². The van der Waals surface area contributed by atoms with E-state index in [4.69, 9.17) is 9.47 Å². The van der Waals surface area contributed by atoms with Gasteiger partial charge >= 0.3 is 0 Å². The van der Waals surface area contributed by atoms with Crippen LogP contribution in [0.25, 0.3) is 5.76 Å². The van der Waals surface area contributed by atoms with Crippen LogP contribution in [0.5, 0.6) is 11.5 Å². The second-order valence-electron chi connectivity index (χ2n) is 10.1. The molecule has 1 atom stereocenters. The van der Waals surface area contributed by atoms with Gasteiger partial charge in [0.15, 0.2) is 0 Å². The SMILES string of the molecule is CCCOc1cccc(N2C(=O)C(=O)/C(=C(\O)c3ccc(OC(C)C)c(C)c3)C2c2ccc(N(C)C)cc2)c1. The predicted molar refractivity (Wildman–Crippen MR) is 155 cm³/mol. The number of nitrogens with zero attached hydrogens (tertiary/aromatic N) is 2. The molecule has 1 amide bonds. The number of hydrogen-bond donors (Lipinski definition) is 1. The van der Waals surface area contributed by atoms with Crippen molar-refractivity contribution in [3.05, 3.63) is 89.0 Å². The van der Waals surface area contributed by atoms with Crippen molar-refractivity contribution in [1.29, 1.82) is 0 Å². The van der Waals surface area contributed by atoms with E-state index < -0.39 is 17.7 Å². The van der Waals surface area contributed by atoms with Crippen molar-refractivity contribution in [1.82, 2.24) is 0 Å². The normalized spacial score (nSPS) is 16.6. The molecule has 7 nitrogen and oxygen atoms in total. The summed E-state index contributed by atoms with van der Waals surface area (Å²) in [4.78, 5) is 30.5. The first-order chi connectivity index (χ1) is 18.6. The highest BCUT2D eigenvalue weighted by atomic mass is 16.5. The molecule has 1 N–H and O–H groups in total. The minimum atomic E-state index is -0.825. The van der Waals surface area contributed by atoms with Gasteiger partial charge in [-0.1, -0.05) is 25.1 Å².